The summed E-state index contributed by atoms with van der Waals surface area (Å²) in [5.74, 6) is 0.383. The summed E-state index contributed by atoms with van der Waals surface area (Å²) in [6.45, 7) is 2.55. The summed E-state index contributed by atoms with van der Waals surface area (Å²) in [7, 11) is 0. The van der Waals surface area contributed by atoms with Gasteiger partial charge in [0.1, 0.15) is 4.60 Å². The molecule has 13 heavy (non-hydrogen) atoms. The van der Waals surface area contributed by atoms with E-state index in [0.29, 0.717) is 22.7 Å². The van der Waals surface area contributed by atoms with Gasteiger partial charge in [-0.05, 0) is 28.9 Å². The third-order valence-electron chi connectivity index (χ3n) is 1.28. The molecule has 1 rings (SSSR count). The lowest BCUT2D eigenvalue weighted by Crippen LogP contribution is -1.95. The molecule has 2 N–H and O–H groups in total. The molecular weight excluding hydrogens is 234 g/mol. The van der Waals surface area contributed by atoms with Gasteiger partial charge in [-0.25, -0.2) is 9.97 Å². The van der Waals surface area contributed by atoms with E-state index in [4.69, 9.17) is 10.5 Å². The van der Waals surface area contributed by atoms with Crippen LogP contribution in [0.15, 0.2) is 17.1 Å². The highest BCUT2D eigenvalue weighted by Crippen LogP contribution is 2.13. The SMILES string of the molecule is CCO/C=C/c1cnc(N)c(Br)n1. The van der Waals surface area contributed by atoms with Crippen molar-refractivity contribution in [1.82, 2.24) is 9.97 Å². The first kappa shape index (κ1) is 9.98. The van der Waals surface area contributed by atoms with Gasteiger partial charge < -0.3 is 10.5 Å². The molecule has 0 atom stereocenters. The Hall–Kier alpha value is -1.10. The zero-order chi connectivity index (χ0) is 9.68. The molecular formula is C8H10BrN3O. The van der Waals surface area contributed by atoms with E-state index < -0.39 is 0 Å². The molecule has 1 heterocycles. The third kappa shape index (κ3) is 3.02. The van der Waals surface area contributed by atoms with Gasteiger partial charge in [0.2, 0.25) is 0 Å². The van der Waals surface area contributed by atoms with Gasteiger partial charge in [0, 0.05) is 0 Å². The smallest absolute Gasteiger partial charge is 0.156 e. The number of halogens is 1. The fraction of sp³-hybridized carbons (Fsp3) is 0.250. The predicted octanol–water partition coefficient (Wildman–Crippen LogP) is 1.83. The van der Waals surface area contributed by atoms with Crippen LogP contribution in [0, 0.1) is 0 Å². The van der Waals surface area contributed by atoms with Crippen LogP contribution in [0.4, 0.5) is 5.82 Å². The molecule has 0 aliphatic heterocycles. The topological polar surface area (TPSA) is 61.0 Å². The number of nitrogens with two attached hydrogens (primary N) is 1. The average molecular weight is 244 g/mol. The number of ether oxygens (including phenoxy) is 1. The zero-order valence-corrected chi connectivity index (χ0v) is 8.78. The van der Waals surface area contributed by atoms with Crippen molar-refractivity contribution in [3.05, 3.63) is 22.8 Å². The van der Waals surface area contributed by atoms with Gasteiger partial charge in [0.15, 0.2) is 5.82 Å². The lowest BCUT2D eigenvalue weighted by molar-refractivity contribution is 0.272. The first-order valence-electron chi connectivity index (χ1n) is 3.80. The highest BCUT2D eigenvalue weighted by Gasteiger charge is 1.97. The molecule has 0 bridgehead atoms. The first-order valence-corrected chi connectivity index (χ1v) is 4.59. The molecule has 1 aromatic rings. The Morgan fingerprint density at radius 1 is 1.69 bits per heavy atom. The van der Waals surface area contributed by atoms with E-state index in [0.717, 1.165) is 0 Å². The summed E-state index contributed by atoms with van der Waals surface area (Å²) in [4.78, 5) is 8.03. The highest BCUT2D eigenvalue weighted by molar-refractivity contribution is 9.10. The van der Waals surface area contributed by atoms with Crippen LogP contribution in [0.25, 0.3) is 6.08 Å². The summed E-state index contributed by atoms with van der Waals surface area (Å²) >= 11 is 3.18. The van der Waals surface area contributed by atoms with Crippen molar-refractivity contribution in [2.75, 3.05) is 12.3 Å². The van der Waals surface area contributed by atoms with E-state index in [1.807, 2.05) is 6.92 Å². The Morgan fingerprint density at radius 2 is 2.46 bits per heavy atom. The quantitative estimate of drug-likeness (QED) is 0.824. The molecule has 1 aromatic heterocycles. The molecule has 0 aromatic carbocycles. The minimum atomic E-state index is 0.383. The Morgan fingerprint density at radius 3 is 3.08 bits per heavy atom. The second-order valence-corrected chi connectivity index (χ2v) is 2.98. The van der Waals surface area contributed by atoms with Crippen LogP contribution >= 0.6 is 15.9 Å². The van der Waals surface area contributed by atoms with Gasteiger partial charge in [0.25, 0.3) is 0 Å². The van der Waals surface area contributed by atoms with Crippen LogP contribution in [-0.4, -0.2) is 16.6 Å². The van der Waals surface area contributed by atoms with Crippen LogP contribution in [-0.2, 0) is 4.74 Å². The molecule has 0 fully saturated rings. The van der Waals surface area contributed by atoms with E-state index in [9.17, 15) is 0 Å². The summed E-state index contributed by atoms with van der Waals surface area (Å²) in [6.07, 6.45) is 4.88. The van der Waals surface area contributed by atoms with Crippen LogP contribution in [0.2, 0.25) is 0 Å². The van der Waals surface area contributed by atoms with E-state index in [2.05, 4.69) is 25.9 Å². The Balaban J connectivity index is 2.73. The van der Waals surface area contributed by atoms with Crippen molar-refractivity contribution >= 4 is 27.8 Å². The molecule has 0 aliphatic rings. The van der Waals surface area contributed by atoms with Gasteiger partial charge in [-0.15, -0.1) is 0 Å². The van der Waals surface area contributed by atoms with Crippen molar-refractivity contribution in [3.63, 3.8) is 0 Å². The standard InChI is InChI=1S/C8H10BrN3O/c1-2-13-4-3-6-5-11-8(10)7(9)12-6/h3-5H,2H2,1H3,(H2,10,11)/b4-3+. The van der Waals surface area contributed by atoms with Crippen LogP contribution in [0.3, 0.4) is 0 Å². The van der Waals surface area contributed by atoms with E-state index in [1.165, 1.54) is 0 Å². The Bertz CT molecular complexity index is 314. The van der Waals surface area contributed by atoms with E-state index in [1.54, 1.807) is 18.5 Å². The molecule has 0 unspecified atom stereocenters. The summed E-state index contributed by atoms with van der Waals surface area (Å²) in [6, 6.07) is 0. The summed E-state index contributed by atoms with van der Waals surface area (Å²) in [5, 5.41) is 0. The Kier molecular flexibility index (Phi) is 3.70. The predicted molar refractivity (Wildman–Crippen MR) is 54.8 cm³/mol. The number of aromatic nitrogens is 2. The fourth-order valence-electron chi connectivity index (χ4n) is 0.683. The number of hydrogen-bond acceptors (Lipinski definition) is 4. The normalized spacial score (nSPS) is 10.6. The van der Waals surface area contributed by atoms with Crippen molar-refractivity contribution in [2.45, 2.75) is 6.92 Å². The van der Waals surface area contributed by atoms with Crippen molar-refractivity contribution in [1.29, 1.82) is 0 Å². The van der Waals surface area contributed by atoms with Crippen LogP contribution < -0.4 is 5.73 Å². The van der Waals surface area contributed by atoms with Gasteiger partial charge in [-0.1, -0.05) is 0 Å². The summed E-state index contributed by atoms with van der Waals surface area (Å²) < 4.78 is 5.56. The largest absolute Gasteiger partial charge is 0.501 e. The molecule has 70 valence electrons. The fourth-order valence-corrected chi connectivity index (χ4v) is 0.990. The number of nitrogen functional groups attached to an aromatic ring is 1. The van der Waals surface area contributed by atoms with Crippen molar-refractivity contribution in [3.8, 4) is 0 Å². The summed E-state index contributed by atoms with van der Waals surface area (Å²) in [5.41, 5.74) is 6.17. The van der Waals surface area contributed by atoms with Crippen LogP contribution in [0.1, 0.15) is 12.6 Å². The second-order valence-electron chi connectivity index (χ2n) is 2.23. The van der Waals surface area contributed by atoms with Crippen molar-refractivity contribution < 1.29 is 4.74 Å². The van der Waals surface area contributed by atoms with Crippen molar-refractivity contribution in [2.24, 2.45) is 0 Å². The molecule has 0 spiro atoms. The minimum absolute atomic E-state index is 0.383. The Labute approximate surface area is 85.0 Å². The van der Waals surface area contributed by atoms with Gasteiger partial charge in [-0.3, -0.25) is 0 Å². The molecule has 0 amide bonds. The number of anilines is 1. The average Bonchev–Trinajstić information content (AvgIpc) is 2.12. The molecule has 0 aliphatic carbocycles. The number of rotatable bonds is 3. The second kappa shape index (κ2) is 4.81. The maximum Gasteiger partial charge on any atom is 0.156 e. The highest BCUT2D eigenvalue weighted by atomic mass is 79.9. The minimum Gasteiger partial charge on any atom is -0.501 e. The monoisotopic (exact) mass is 243 g/mol. The molecule has 4 nitrogen and oxygen atoms in total. The third-order valence-corrected chi connectivity index (χ3v) is 1.86. The van der Waals surface area contributed by atoms with Gasteiger partial charge in [0.05, 0.1) is 24.8 Å². The lowest BCUT2D eigenvalue weighted by Gasteiger charge is -1.97. The van der Waals surface area contributed by atoms with E-state index in [-0.39, 0.29) is 0 Å². The maximum absolute atomic E-state index is 5.47. The van der Waals surface area contributed by atoms with Crippen LogP contribution in [0.5, 0.6) is 0 Å². The molecule has 5 heteroatoms. The number of nitrogens with zero attached hydrogens (tertiary/aromatic N) is 2. The van der Waals surface area contributed by atoms with Gasteiger partial charge >= 0.3 is 0 Å². The zero-order valence-electron chi connectivity index (χ0n) is 7.20. The lowest BCUT2D eigenvalue weighted by atomic mass is 10.4. The van der Waals surface area contributed by atoms with Gasteiger partial charge in [-0.2, -0.15) is 0 Å². The molecule has 0 saturated heterocycles. The van der Waals surface area contributed by atoms with E-state index >= 15 is 0 Å². The molecule has 0 radical (unpaired) electrons. The number of hydrogen-bond donors (Lipinski definition) is 1. The first-order chi connectivity index (χ1) is 6.24. The molecule has 0 saturated carbocycles. The maximum atomic E-state index is 5.47.